The molecule has 0 bridgehead atoms. The zero-order valence-corrected chi connectivity index (χ0v) is 19.0. The zero-order chi connectivity index (χ0) is 23.5. The Morgan fingerprint density at radius 1 is 0.879 bits per heavy atom. The Kier molecular flexibility index (Phi) is 6.40. The van der Waals surface area contributed by atoms with Crippen LogP contribution in [0.2, 0.25) is 0 Å². The molecule has 2 atom stereocenters. The first-order valence-corrected chi connectivity index (χ1v) is 10.5. The van der Waals surface area contributed by atoms with Crippen LogP contribution < -0.4 is 18.9 Å². The third-order valence-electron chi connectivity index (χ3n) is 5.79. The van der Waals surface area contributed by atoms with Crippen molar-refractivity contribution < 1.29 is 28.1 Å². The van der Waals surface area contributed by atoms with Gasteiger partial charge in [0, 0.05) is 6.54 Å². The number of amides is 1. The quantitative estimate of drug-likeness (QED) is 0.465. The lowest BCUT2D eigenvalue weighted by molar-refractivity contribution is -0.165. The molecule has 0 saturated carbocycles. The molecule has 33 heavy (non-hydrogen) atoms. The van der Waals surface area contributed by atoms with Gasteiger partial charge in [-0.15, -0.1) is 0 Å². The number of ether oxygens (including phenoxy) is 4. The van der Waals surface area contributed by atoms with E-state index in [0.717, 1.165) is 16.7 Å². The van der Waals surface area contributed by atoms with Gasteiger partial charge in [-0.1, -0.05) is 30.3 Å². The molecule has 3 aromatic carbocycles. The molecule has 6 nitrogen and oxygen atoms in total. The van der Waals surface area contributed by atoms with Crippen molar-refractivity contribution in [2.24, 2.45) is 0 Å². The number of carbonyl (C=O) groups is 1. The Hall–Kier alpha value is -3.74. The molecule has 0 unspecified atom stereocenters. The SMILES string of the molecule is COc1cc([C@H]2[C@@H](Oc3ccccc3C)C(=O)N2Cc2ccc(F)cc2)cc(OC)c1OC. The molecule has 0 radical (unpaired) electrons. The smallest absolute Gasteiger partial charge is 0.267 e. The fourth-order valence-electron chi connectivity index (χ4n) is 4.05. The number of carbonyl (C=O) groups excluding carboxylic acids is 1. The molecule has 1 aliphatic rings. The first-order chi connectivity index (χ1) is 16.0. The Balaban J connectivity index is 1.73. The molecule has 0 spiro atoms. The van der Waals surface area contributed by atoms with Crippen LogP contribution in [0, 0.1) is 12.7 Å². The van der Waals surface area contributed by atoms with Gasteiger partial charge in [0.15, 0.2) is 11.5 Å². The molecular weight excluding hydrogens is 425 g/mol. The maximum atomic E-state index is 13.4. The molecule has 7 heteroatoms. The summed E-state index contributed by atoms with van der Waals surface area (Å²) in [6, 6.07) is 16.9. The van der Waals surface area contributed by atoms with Crippen LogP contribution in [0.3, 0.4) is 0 Å². The number of hydrogen-bond donors (Lipinski definition) is 0. The van der Waals surface area contributed by atoms with E-state index in [9.17, 15) is 9.18 Å². The number of nitrogens with zero attached hydrogens (tertiary/aromatic N) is 1. The topological polar surface area (TPSA) is 57.2 Å². The molecule has 1 heterocycles. The van der Waals surface area contributed by atoms with Crippen molar-refractivity contribution in [3.05, 3.63) is 83.2 Å². The lowest BCUT2D eigenvalue weighted by Gasteiger charge is -2.47. The summed E-state index contributed by atoms with van der Waals surface area (Å²) in [5.74, 6) is 1.62. The fourth-order valence-corrected chi connectivity index (χ4v) is 4.05. The number of methoxy groups -OCH3 is 3. The van der Waals surface area contributed by atoms with Gasteiger partial charge < -0.3 is 23.8 Å². The molecule has 4 rings (SSSR count). The number of aryl methyl sites for hydroxylation is 1. The first kappa shape index (κ1) is 22.5. The summed E-state index contributed by atoms with van der Waals surface area (Å²) in [6.07, 6.45) is -0.727. The van der Waals surface area contributed by atoms with Crippen molar-refractivity contribution >= 4 is 5.91 Å². The van der Waals surface area contributed by atoms with E-state index in [1.54, 1.807) is 31.3 Å². The molecule has 3 aromatic rings. The lowest BCUT2D eigenvalue weighted by Crippen LogP contribution is -2.60. The Labute approximate surface area is 192 Å². The van der Waals surface area contributed by atoms with E-state index in [2.05, 4.69) is 0 Å². The van der Waals surface area contributed by atoms with Crippen molar-refractivity contribution in [1.29, 1.82) is 0 Å². The predicted octanol–water partition coefficient (Wildman–Crippen LogP) is 4.69. The minimum atomic E-state index is -0.727. The van der Waals surface area contributed by atoms with Crippen LogP contribution in [0.15, 0.2) is 60.7 Å². The number of β-lactam (4-membered cyclic amide) rings is 1. The largest absolute Gasteiger partial charge is 0.493 e. The van der Waals surface area contributed by atoms with Crippen molar-refractivity contribution in [1.82, 2.24) is 4.90 Å². The Morgan fingerprint density at radius 3 is 2.09 bits per heavy atom. The first-order valence-electron chi connectivity index (χ1n) is 10.5. The minimum absolute atomic E-state index is 0.152. The summed E-state index contributed by atoms with van der Waals surface area (Å²) < 4.78 is 36.0. The van der Waals surface area contributed by atoms with Crippen LogP contribution in [-0.4, -0.2) is 38.2 Å². The van der Waals surface area contributed by atoms with Gasteiger partial charge in [-0.3, -0.25) is 4.79 Å². The van der Waals surface area contributed by atoms with Crippen LogP contribution in [0.1, 0.15) is 22.7 Å². The second-order valence-electron chi connectivity index (χ2n) is 7.80. The van der Waals surface area contributed by atoms with Gasteiger partial charge in [-0.25, -0.2) is 4.39 Å². The molecule has 1 aliphatic heterocycles. The highest BCUT2D eigenvalue weighted by Crippen LogP contribution is 2.45. The normalized spacial score (nSPS) is 17.4. The van der Waals surface area contributed by atoms with E-state index in [1.807, 2.05) is 43.3 Å². The summed E-state index contributed by atoms with van der Waals surface area (Å²) in [5, 5.41) is 0. The van der Waals surface area contributed by atoms with Crippen LogP contribution >= 0.6 is 0 Å². The van der Waals surface area contributed by atoms with Gasteiger partial charge in [0.05, 0.1) is 21.3 Å². The van der Waals surface area contributed by atoms with E-state index >= 15 is 0 Å². The molecule has 0 N–H and O–H groups in total. The third kappa shape index (κ3) is 4.31. The number of hydrogen-bond acceptors (Lipinski definition) is 5. The molecule has 0 aliphatic carbocycles. The number of likely N-dealkylation sites (tertiary alicyclic amines) is 1. The predicted molar refractivity (Wildman–Crippen MR) is 121 cm³/mol. The van der Waals surface area contributed by atoms with Crippen LogP contribution in [0.25, 0.3) is 0 Å². The maximum absolute atomic E-state index is 13.4. The minimum Gasteiger partial charge on any atom is -0.493 e. The molecule has 172 valence electrons. The van der Waals surface area contributed by atoms with Crippen LogP contribution in [-0.2, 0) is 11.3 Å². The van der Waals surface area contributed by atoms with E-state index in [1.165, 1.54) is 19.2 Å². The highest BCUT2D eigenvalue weighted by Gasteiger charge is 2.50. The monoisotopic (exact) mass is 451 g/mol. The molecule has 1 saturated heterocycles. The van der Waals surface area contributed by atoms with E-state index in [0.29, 0.717) is 29.5 Å². The van der Waals surface area contributed by atoms with Gasteiger partial charge in [0.25, 0.3) is 5.91 Å². The third-order valence-corrected chi connectivity index (χ3v) is 5.79. The lowest BCUT2D eigenvalue weighted by atomic mass is 9.89. The van der Waals surface area contributed by atoms with E-state index in [-0.39, 0.29) is 11.7 Å². The average molecular weight is 451 g/mol. The summed E-state index contributed by atoms with van der Waals surface area (Å²) in [5.41, 5.74) is 2.53. The van der Waals surface area contributed by atoms with E-state index in [4.69, 9.17) is 18.9 Å². The van der Waals surface area contributed by atoms with Crippen molar-refractivity contribution in [3.63, 3.8) is 0 Å². The molecular formula is C26H26FNO5. The van der Waals surface area contributed by atoms with Crippen molar-refractivity contribution in [3.8, 4) is 23.0 Å². The van der Waals surface area contributed by atoms with Crippen LogP contribution in [0.4, 0.5) is 4.39 Å². The zero-order valence-electron chi connectivity index (χ0n) is 19.0. The number of para-hydroxylation sites is 1. The van der Waals surface area contributed by atoms with E-state index < -0.39 is 12.1 Å². The standard InChI is InChI=1S/C26H26FNO5/c1-16-7-5-6-8-20(16)33-25-23(18-13-21(30-2)24(32-4)22(14-18)31-3)28(26(25)29)15-17-9-11-19(27)12-10-17/h5-14,23,25H,15H2,1-4H3/t23-,25+/m0/s1. The number of benzene rings is 3. The van der Waals surface area contributed by atoms with Gasteiger partial charge in [0.2, 0.25) is 11.9 Å². The van der Waals surface area contributed by atoms with Gasteiger partial charge in [-0.2, -0.15) is 0 Å². The van der Waals surface area contributed by atoms with Gasteiger partial charge in [0.1, 0.15) is 17.6 Å². The van der Waals surface area contributed by atoms with Crippen molar-refractivity contribution in [2.45, 2.75) is 25.6 Å². The molecule has 0 aromatic heterocycles. The Morgan fingerprint density at radius 2 is 1.52 bits per heavy atom. The highest BCUT2D eigenvalue weighted by molar-refractivity contribution is 5.89. The van der Waals surface area contributed by atoms with Gasteiger partial charge in [-0.05, 0) is 53.9 Å². The summed E-state index contributed by atoms with van der Waals surface area (Å²) in [4.78, 5) is 14.9. The van der Waals surface area contributed by atoms with Gasteiger partial charge >= 0.3 is 0 Å². The number of rotatable bonds is 8. The fraction of sp³-hybridized carbons (Fsp3) is 0.269. The molecule has 1 amide bonds. The maximum Gasteiger partial charge on any atom is 0.267 e. The summed E-state index contributed by atoms with van der Waals surface area (Å²) >= 11 is 0. The highest BCUT2D eigenvalue weighted by atomic mass is 19.1. The second kappa shape index (κ2) is 9.40. The second-order valence-corrected chi connectivity index (χ2v) is 7.80. The van der Waals surface area contributed by atoms with Crippen molar-refractivity contribution in [2.75, 3.05) is 21.3 Å². The number of halogens is 1. The Bertz CT molecular complexity index is 1120. The molecule has 1 fully saturated rings. The average Bonchev–Trinajstić information content (AvgIpc) is 2.84. The summed E-state index contributed by atoms with van der Waals surface area (Å²) in [7, 11) is 4.63. The summed E-state index contributed by atoms with van der Waals surface area (Å²) in [6.45, 7) is 2.25. The van der Waals surface area contributed by atoms with Crippen LogP contribution in [0.5, 0.6) is 23.0 Å².